The lowest BCUT2D eigenvalue weighted by molar-refractivity contribution is -0.138. The number of carbonyl (C=O) groups is 1. The first-order valence-electron chi connectivity index (χ1n) is 4.91. The lowest BCUT2D eigenvalue weighted by atomic mass is 9.97. The molecule has 0 saturated carbocycles. The van der Waals surface area contributed by atoms with Crippen molar-refractivity contribution < 1.29 is 9.53 Å². The minimum atomic E-state index is -1.21. The van der Waals surface area contributed by atoms with Gasteiger partial charge in [-0.2, -0.15) is 21.0 Å². The summed E-state index contributed by atoms with van der Waals surface area (Å²) in [5.41, 5.74) is -0.886. The van der Waals surface area contributed by atoms with E-state index in [-0.39, 0.29) is 28.9 Å². The highest BCUT2D eigenvalue weighted by Gasteiger charge is 2.39. The van der Waals surface area contributed by atoms with Crippen LogP contribution < -0.4 is 0 Å². The van der Waals surface area contributed by atoms with Crippen LogP contribution >= 0.6 is 0 Å². The molecule has 1 unspecified atom stereocenters. The molecule has 0 aliphatic heterocycles. The van der Waals surface area contributed by atoms with Crippen molar-refractivity contribution in [1.82, 2.24) is 0 Å². The minimum Gasteiger partial charge on any atom is -0.463 e. The summed E-state index contributed by atoms with van der Waals surface area (Å²) in [5.74, 6) is -2.06. The summed E-state index contributed by atoms with van der Waals surface area (Å²) < 4.78 is 4.73. The number of nitrogens with zero attached hydrogens (tertiary/aromatic N) is 4. The summed E-state index contributed by atoms with van der Waals surface area (Å²) in [5, 5.41) is 35.8. The van der Waals surface area contributed by atoms with E-state index in [0.717, 1.165) is 0 Å². The van der Waals surface area contributed by atoms with Crippen molar-refractivity contribution in [3.63, 3.8) is 0 Å². The maximum absolute atomic E-state index is 11.7. The Morgan fingerprint density at radius 1 is 1.17 bits per heavy atom. The van der Waals surface area contributed by atoms with Crippen molar-refractivity contribution in [1.29, 1.82) is 21.0 Å². The van der Waals surface area contributed by atoms with E-state index in [0.29, 0.717) is 0 Å². The first-order valence-corrected chi connectivity index (χ1v) is 4.91. The fourth-order valence-corrected chi connectivity index (χ4v) is 1.61. The third-order valence-electron chi connectivity index (χ3n) is 2.33. The molecule has 0 bridgehead atoms. The number of esters is 1. The Balaban J connectivity index is 3.49. The van der Waals surface area contributed by atoms with Gasteiger partial charge in [-0.15, -0.1) is 0 Å². The third-order valence-corrected chi connectivity index (χ3v) is 2.33. The SMILES string of the molecule is CCOC(=O)C1=C(C#N)C(C#N)=C(C#N)C1C#N. The average molecular weight is 238 g/mol. The molecule has 1 aliphatic rings. The zero-order chi connectivity index (χ0) is 13.7. The molecule has 0 aromatic rings. The molecule has 0 N–H and O–H groups in total. The van der Waals surface area contributed by atoms with Crippen molar-refractivity contribution in [3.05, 3.63) is 22.3 Å². The fraction of sp³-hybridized carbons (Fsp3) is 0.250. The van der Waals surface area contributed by atoms with Crippen LogP contribution in [0.3, 0.4) is 0 Å². The van der Waals surface area contributed by atoms with Crippen LogP contribution in [-0.2, 0) is 9.53 Å². The average Bonchev–Trinajstić information content (AvgIpc) is 2.70. The Morgan fingerprint density at radius 2 is 1.78 bits per heavy atom. The Morgan fingerprint density at radius 3 is 2.17 bits per heavy atom. The van der Waals surface area contributed by atoms with Gasteiger partial charge >= 0.3 is 5.97 Å². The monoisotopic (exact) mass is 238 g/mol. The smallest absolute Gasteiger partial charge is 0.337 e. The zero-order valence-corrected chi connectivity index (χ0v) is 9.39. The van der Waals surface area contributed by atoms with Gasteiger partial charge in [0.25, 0.3) is 0 Å². The molecule has 1 aliphatic carbocycles. The molecule has 1 rings (SSSR count). The molecule has 86 valence electrons. The molecule has 1 atom stereocenters. The highest BCUT2D eigenvalue weighted by molar-refractivity contribution is 5.96. The number of hydrogen-bond donors (Lipinski definition) is 0. The van der Waals surface area contributed by atoms with E-state index >= 15 is 0 Å². The zero-order valence-electron chi connectivity index (χ0n) is 9.39. The normalized spacial score (nSPS) is 17.5. The van der Waals surface area contributed by atoms with Gasteiger partial charge in [-0.05, 0) is 6.92 Å². The highest BCUT2D eigenvalue weighted by atomic mass is 16.5. The van der Waals surface area contributed by atoms with Crippen LogP contribution in [-0.4, -0.2) is 12.6 Å². The second kappa shape index (κ2) is 5.30. The Hall–Kier alpha value is -3.09. The quantitative estimate of drug-likeness (QED) is 0.657. The van der Waals surface area contributed by atoms with Crippen molar-refractivity contribution in [2.24, 2.45) is 5.92 Å². The molecule has 0 heterocycles. The van der Waals surface area contributed by atoms with Gasteiger partial charge in [0.15, 0.2) is 0 Å². The third kappa shape index (κ3) is 1.80. The maximum atomic E-state index is 11.7. The number of rotatable bonds is 2. The summed E-state index contributed by atoms with van der Waals surface area (Å²) in [6.45, 7) is 1.65. The molecule has 0 amide bonds. The first kappa shape index (κ1) is 13.0. The number of nitriles is 4. The van der Waals surface area contributed by atoms with Gasteiger partial charge in [0, 0.05) is 0 Å². The lowest BCUT2D eigenvalue weighted by Crippen LogP contribution is -2.14. The topological polar surface area (TPSA) is 121 Å². The van der Waals surface area contributed by atoms with Crippen LogP contribution in [0.15, 0.2) is 22.3 Å². The molecular formula is C12H6N4O2. The predicted molar refractivity (Wildman–Crippen MR) is 56.6 cm³/mol. The molecular weight excluding hydrogens is 232 g/mol. The number of carbonyl (C=O) groups excluding carboxylic acids is 1. The van der Waals surface area contributed by atoms with Gasteiger partial charge < -0.3 is 4.74 Å². The van der Waals surface area contributed by atoms with E-state index in [1.807, 2.05) is 0 Å². The summed E-state index contributed by atoms with van der Waals surface area (Å²) in [6.07, 6.45) is 0. The number of hydrogen-bond acceptors (Lipinski definition) is 6. The predicted octanol–water partition coefficient (Wildman–Crippen LogP) is 0.867. The fourth-order valence-electron chi connectivity index (χ4n) is 1.61. The molecule has 0 aromatic heterocycles. The molecule has 6 heteroatoms. The van der Waals surface area contributed by atoms with Crippen LogP contribution in [0.2, 0.25) is 0 Å². The van der Waals surface area contributed by atoms with Gasteiger partial charge in [0.2, 0.25) is 0 Å². The maximum Gasteiger partial charge on any atom is 0.337 e. The second-order valence-electron chi connectivity index (χ2n) is 3.20. The Labute approximate surface area is 103 Å². The van der Waals surface area contributed by atoms with Crippen LogP contribution in [0.5, 0.6) is 0 Å². The first-order chi connectivity index (χ1) is 8.65. The molecule has 18 heavy (non-hydrogen) atoms. The van der Waals surface area contributed by atoms with Gasteiger partial charge in [-0.1, -0.05) is 0 Å². The van der Waals surface area contributed by atoms with Gasteiger partial charge in [0.05, 0.1) is 41.0 Å². The summed E-state index contributed by atoms with van der Waals surface area (Å²) in [4.78, 5) is 11.7. The molecule has 0 radical (unpaired) electrons. The Bertz CT molecular complexity index is 629. The molecule has 0 fully saturated rings. The molecule has 0 spiro atoms. The van der Waals surface area contributed by atoms with Gasteiger partial charge in [-0.3, -0.25) is 0 Å². The van der Waals surface area contributed by atoms with Crippen LogP contribution in [0.1, 0.15) is 6.92 Å². The molecule has 6 nitrogen and oxygen atoms in total. The number of ether oxygens (including phenoxy) is 1. The van der Waals surface area contributed by atoms with Gasteiger partial charge in [0.1, 0.15) is 18.1 Å². The van der Waals surface area contributed by atoms with Crippen molar-refractivity contribution in [2.75, 3.05) is 6.61 Å². The van der Waals surface area contributed by atoms with E-state index in [1.54, 1.807) is 31.2 Å². The lowest BCUT2D eigenvalue weighted by Gasteiger charge is -2.06. The van der Waals surface area contributed by atoms with E-state index in [1.165, 1.54) is 0 Å². The van der Waals surface area contributed by atoms with Crippen molar-refractivity contribution >= 4 is 5.97 Å². The minimum absolute atomic E-state index is 0.0724. The van der Waals surface area contributed by atoms with E-state index in [2.05, 4.69) is 0 Å². The van der Waals surface area contributed by atoms with E-state index in [9.17, 15) is 4.79 Å². The van der Waals surface area contributed by atoms with Crippen LogP contribution in [0.25, 0.3) is 0 Å². The van der Waals surface area contributed by atoms with Crippen LogP contribution in [0, 0.1) is 51.2 Å². The van der Waals surface area contributed by atoms with Crippen molar-refractivity contribution in [3.8, 4) is 24.3 Å². The largest absolute Gasteiger partial charge is 0.463 e. The summed E-state index contributed by atoms with van der Waals surface area (Å²) in [7, 11) is 0. The van der Waals surface area contributed by atoms with Crippen molar-refractivity contribution in [2.45, 2.75) is 6.92 Å². The van der Waals surface area contributed by atoms with E-state index < -0.39 is 11.9 Å². The van der Waals surface area contributed by atoms with Crippen LogP contribution in [0.4, 0.5) is 0 Å². The van der Waals surface area contributed by atoms with Gasteiger partial charge in [-0.25, -0.2) is 4.79 Å². The number of allylic oxidation sites excluding steroid dienone is 3. The summed E-state index contributed by atoms with van der Waals surface area (Å²) >= 11 is 0. The second-order valence-corrected chi connectivity index (χ2v) is 3.20. The highest BCUT2D eigenvalue weighted by Crippen LogP contribution is 2.37. The van der Waals surface area contributed by atoms with E-state index in [4.69, 9.17) is 25.8 Å². The standard InChI is InChI=1S/C12H6N4O2/c1-2-18-12(17)11-9(5-15)7(3-13)8(4-14)10(11)6-16/h9H,2H2,1H3. The summed E-state index contributed by atoms with van der Waals surface area (Å²) in [6, 6.07) is 6.79. The molecule has 0 saturated heterocycles. The Kier molecular flexibility index (Phi) is 3.82. The molecule has 0 aromatic carbocycles.